The molecule has 1 amide bonds. The van der Waals surface area contributed by atoms with Gasteiger partial charge in [0.05, 0.1) is 18.8 Å². The average Bonchev–Trinajstić information content (AvgIpc) is 2.99. The third-order valence-corrected chi connectivity index (χ3v) is 8.10. The first kappa shape index (κ1) is 40.6. The van der Waals surface area contributed by atoms with Crippen molar-refractivity contribution in [3.8, 4) is 0 Å². The minimum Gasteiger partial charge on any atom is -0.394 e. The summed E-state index contributed by atoms with van der Waals surface area (Å²) < 4.78 is 0. The third kappa shape index (κ3) is 30.1. The molecule has 0 fully saturated rings. The number of allylic oxidation sites excluding steroid dienone is 5. The van der Waals surface area contributed by atoms with E-state index in [1.54, 1.807) is 6.08 Å². The molecule has 0 aliphatic carbocycles. The van der Waals surface area contributed by atoms with Crippen LogP contribution in [0.3, 0.4) is 0 Å². The van der Waals surface area contributed by atoms with Crippen molar-refractivity contribution in [2.45, 2.75) is 193 Å². The maximum Gasteiger partial charge on any atom is 0.220 e. The van der Waals surface area contributed by atoms with E-state index in [-0.39, 0.29) is 12.5 Å². The van der Waals surface area contributed by atoms with Crippen LogP contribution in [0.2, 0.25) is 0 Å². The number of nitrogens with one attached hydrogen (secondary N) is 1. The van der Waals surface area contributed by atoms with Gasteiger partial charge in [-0.15, -0.1) is 0 Å². The highest BCUT2D eigenvalue weighted by molar-refractivity contribution is 5.76. The molecule has 4 nitrogen and oxygen atoms in total. The predicted octanol–water partition coefficient (Wildman–Crippen LogP) is 10.7. The van der Waals surface area contributed by atoms with Crippen molar-refractivity contribution in [3.05, 3.63) is 36.5 Å². The summed E-state index contributed by atoms with van der Waals surface area (Å²) in [5.41, 5.74) is 0. The molecule has 0 aliphatic heterocycles. The number of hydrogen-bond acceptors (Lipinski definition) is 3. The molecule has 0 aromatic rings. The standard InChI is InChI=1S/C38H71NO3/c1-3-5-7-9-11-13-15-17-19-21-23-25-27-29-31-33-37(41)36(35-40)39-38(42)34-32-30-28-26-24-22-20-18-16-14-12-10-8-6-4-2/h15,17,23,25,31,33,36-37,40-41H,3-14,16,18-22,24,26-30,32,34-35H2,1-2H3,(H,39,42)/b17-15+,25-23+,33-31+. The minimum atomic E-state index is -0.865. The summed E-state index contributed by atoms with van der Waals surface area (Å²) in [6, 6.07) is -0.640. The molecule has 0 aliphatic rings. The number of carbonyl (C=O) groups excluding carboxylic acids is 1. The summed E-state index contributed by atoms with van der Waals surface area (Å²) in [6.45, 7) is 4.27. The van der Waals surface area contributed by atoms with Gasteiger partial charge in [0.2, 0.25) is 5.91 Å². The summed E-state index contributed by atoms with van der Waals surface area (Å²) in [7, 11) is 0. The van der Waals surface area contributed by atoms with E-state index >= 15 is 0 Å². The lowest BCUT2D eigenvalue weighted by Crippen LogP contribution is -2.45. The zero-order valence-electron chi connectivity index (χ0n) is 28.0. The number of rotatable bonds is 32. The van der Waals surface area contributed by atoms with Gasteiger partial charge in [-0.1, -0.05) is 166 Å². The maximum absolute atomic E-state index is 12.3. The molecule has 2 unspecified atom stereocenters. The number of carbonyl (C=O) groups is 1. The summed E-state index contributed by atoms with van der Waals surface area (Å²) in [5, 5.41) is 22.8. The van der Waals surface area contributed by atoms with Gasteiger partial charge in [0, 0.05) is 6.42 Å². The van der Waals surface area contributed by atoms with Crippen LogP contribution >= 0.6 is 0 Å². The lowest BCUT2D eigenvalue weighted by molar-refractivity contribution is -0.123. The van der Waals surface area contributed by atoms with Crippen molar-refractivity contribution in [1.29, 1.82) is 0 Å². The van der Waals surface area contributed by atoms with Crippen molar-refractivity contribution in [2.24, 2.45) is 0 Å². The highest BCUT2D eigenvalue weighted by Crippen LogP contribution is 2.14. The molecule has 3 N–H and O–H groups in total. The Morgan fingerprint density at radius 3 is 1.38 bits per heavy atom. The van der Waals surface area contributed by atoms with Crippen LogP contribution in [0.5, 0.6) is 0 Å². The number of unbranched alkanes of at least 4 members (excludes halogenated alkanes) is 21. The van der Waals surface area contributed by atoms with Gasteiger partial charge < -0.3 is 15.5 Å². The van der Waals surface area contributed by atoms with Crippen LogP contribution < -0.4 is 5.32 Å². The smallest absolute Gasteiger partial charge is 0.220 e. The molecule has 0 radical (unpaired) electrons. The first-order valence-corrected chi connectivity index (χ1v) is 18.2. The molecule has 0 aromatic carbocycles. The van der Waals surface area contributed by atoms with Crippen LogP contribution in [-0.4, -0.2) is 34.9 Å². The molecule has 0 aromatic heterocycles. The lowest BCUT2D eigenvalue weighted by atomic mass is 10.0. The summed E-state index contributed by atoms with van der Waals surface area (Å²) in [6.07, 6.45) is 43.7. The maximum atomic E-state index is 12.3. The molecule has 0 saturated heterocycles. The molecule has 0 heterocycles. The number of aliphatic hydroxyl groups is 2. The van der Waals surface area contributed by atoms with E-state index in [9.17, 15) is 15.0 Å². The van der Waals surface area contributed by atoms with Gasteiger partial charge in [-0.05, 0) is 44.9 Å². The van der Waals surface area contributed by atoms with Crippen molar-refractivity contribution >= 4 is 5.91 Å². The van der Waals surface area contributed by atoms with Gasteiger partial charge in [0.15, 0.2) is 0 Å². The fraction of sp³-hybridized carbons (Fsp3) is 0.816. The zero-order chi connectivity index (χ0) is 30.8. The lowest BCUT2D eigenvalue weighted by Gasteiger charge is -2.19. The molecule has 0 saturated carbocycles. The summed E-state index contributed by atoms with van der Waals surface area (Å²) in [4.78, 5) is 12.3. The quantitative estimate of drug-likeness (QED) is 0.0540. The first-order valence-electron chi connectivity index (χ1n) is 18.2. The molecule has 0 bridgehead atoms. The molecular weight excluding hydrogens is 518 g/mol. The Morgan fingerprint density at radius 2 is 0.929 bits per heavy atom. The second kappa shape index (κ2) is 34.1. The second-order valence-corrected chi connectivity index (χ2v) is 12.3. The largest absolute Gasteiger partial charge is 0.394 e. The third-order valence-electron chi connectivity index (χ3n) is 8.10. The number of hydrogen-bond donors (Lipinski definition) is 3. The summed E-state index contributed by atoms with van der Waals surface area (Å²) in [5.74, 6) is -0.0790. The highest BCUT2D eigenvalue weighted by Gasteiger charge is 2.17. The second-order valence-electron chi connectivity index (χ2n) is 12.3. The topological polar surface area (TPSA) is 69.6 Å². The molecule has 246 valence electrons. The van der Waals surface area contributed by atoms with Gasteiger partial charge >= 0.3 is 0 Å². The van der Waals surface area contributed by atoms with E-state index in [0.29, 0.717) is 6.42 Å². The van der Waals surface area contributed by atoms with Crippen LogP contribution in [-0.2, 0) is 4.79 Å². The number of aliphatic hydroxyl groups excluding tert-OH is 2. The van der Waals surface area contributed by atoms with Crippen LogP contribution in [0, 0.1) is 0 Å². The van der Waals surface area contributed by atoms with Crippen LogP contribution in [0.15, 0.2) is 36.5 Å². The number of amides is 1. The monoisotopic (exact) mass is 590 g/mol. The predicted molar refractivity (Wildman–Crippen MR) is 184 cm³/mol. The Morgan fingerprint density at radius 1 is 0.548 bits per heavy atom. The van der Waals surface area contributed by atoms with Gasteiger partial charge in [0.1, 0.15) is 0 Å². The van der Waals surface area contributed by atoms with Gasteiger partial charge in [-0.2, -0.15) is 0 Å². The fourth-order valence-electron chi connectivity index (χ4n) is 5.27. The van der Waals surface area contributed by atoms with E-state index < -0.39 is 12.1 Å². The Bertz CT molecular complexity index is 642. The van der Waals surface area contributed by atoms with Gasteiger partial charge in [0.25, 0.3) is 0 Å². The Kier molecular flexibility index (Phi) is 33.0. The van der Waals surface area contributed by atoms with Crippen LogP contribution in [0.25, 0.3) is 0 Å². The van der Waals surface area contributed by atoms with Crippen molar-refractivity contribution < 1.29 is 15.0 Å². The minimum absolute atomic E-state index is 0.0790. The molecule has 0 rings (SSSR count). The van der Waals surface area contributed by atoms with Crippen molar-refractivity contribution in [1.82, 2.24) is 5.32 Å². The van der Waals surface area contributed by atoms with E-state index in [4.69, 9.17) is 0 Å². The van der Waals surface area contributed by atoms with Gasteiger partial charge in [-0.25, -0.2) is 0 Å². The summed E-state index contributed by atoms with van der Waals surface area (Å²) >= 11 is 0. The van der Waals surface area contributed by atoms with E-state index in [0.717, 1.165) is 38.5 Å². The van der Waals surface area contributed by atoms with Crippen molar-refractivity contribution in [2.75, 3.05) is 6.61 Å². The van der Waals surface area contributed by atoms with Crippen molar-refractivity contribution in [3.63, 3.8) is 0 Å². The van der Waals surface area contributed by atoms with Gasteiger partial charge in [-0.3, -0.25) is 4.79 Å². The zero-order valence-corrected chi connectivity index (χ0v) is 28.0. The SMILES string of the molecule is CCCCCCC/C=C/CC/C=C/CC/C=C/C(O)C(CO)NC(=O)CCCCCCCCCCCCCCCCC. The van der Waals surface area contributed by atoms with E-state index in [1.165, 1.54) is 122 Å². The Hall–Kier alpha value is -1.39. The molecule has 2 atom stereocenters. The highest BCUT2D eigenvalue weighted by atomic mass is 16.3. The van der Waals surface area contributed by atoms with Crippen LogP contribution in [0.4, 0.5) is 0 Å². The van der Waals surface area contributed by atoms with E-state index in [1.807, 2.05) is 6.08 Å². The molecule has 4 heteroatoms. The first-order chi connectivity index (χ1) is 20.7. The molecular formula is C38H71NO3. The fourth-order valence-corrected chi connectivity index (χ4v) is 5.27. The van der Waals surface area contributed by atoms with Crippen LogP contribution in [0.1, 0.15) is 181 Å². The average molecular weight is 590 g/mol. The molecule has 0 spiro atoms. The Balaban J connectivity index is 3.69. The molecule has 42 heavy (non-hydrogen) atoms. The van der Waals surface area contributed by atoms with E-state index in [2.05, 4.69) is 43.5 Å². The Labute approximate surface area is 261 Å². The normalized spacial score (nSPS) is 13.5.